The average molecular weight is 407 g/mol. The highest BCUT2D eigenvalue weighted by molar-refractivity contribution is 5.93. The van der Waals surface area contributed by atoms with Crippen LogP contribution in [0, 0.1) is 5.92 Å². The van der Waals surface area contributed by atoms with E-state index in [9.17, 15) is 4.79 Å². The summed E-state index contributed by atoms with van der Waals surface area (Å²) in [5, 5.41) is 5.00. The SMILES string of the molecule is CCc1nc2n(n1)C1(CCCCC1)[C@@H]1CCCC[C@@H]1N2C(=O)CCc1ccccc1. The summed E-state index contributed by atoms with van der Waals surface area (Å²) in [5.41, 5.74) is 1.30. The molecule has 1 aromatic carbocycles. The lowest BCUT2D eigenvalue weighted by molar-refractivity contribution is -0.120. The van der Waals surface area contributed by atoms with Crippen LogP contribution in [-0.4, -0.2) is 26.7 Å². The highest BCUT2D eigenvalue weighted by Gasteiger charge is 2.54. The van der Waals surface area contributed by atoms with Gasteiger partial charge in [0.15, 0.2) is 5.82 Å². The number of rotatable bonds is 4. The van der Waals surface area contributed by atoms with Crippen molar-refractivity contribution >= 4 is 11.9 Å². The quantitative estimate of drug-likeness (QED) is 0.715. The first-order valence-corrected chi connectivity index (χ1v) is 12.1. The maximum Gasteiger partial charge on any atom is 0.231 e. The molecule has 0 unspecified atom stereocenters. The van der Waals surface area contributed by atoms with E-state index in [2.05, 4.69) is 40.8 Å². The van der Waals surface area contributed by atoms with Gasteiger partial charge in [-0.05, 0) is 37.7 Å². The highest BCUT2D eigenvalue weighted by atomic mass is 16.2. The Bertz CT molecular complexity index is 884. The van der Waals surface area contributed by atoms with Crippen molar-refractivity contribution in [3.63, 3.8) is 0 Å². The maximum absolute atomic E-state index is 13.6. The average Bonchev–Trinajstić information content (AvgIpc) is 3.24. The summed E-state index contributed by atoms with van der Waals surface area (Å²) in [5.74, 6) is 2.47. The zero-order valence-corrected chi connectivity index (χ0v) is 18.2. The third-order valence-electron chi connectivity index (χ3n) is 7.80. The van der Waals surface area contributed by atoms with Gasteiger partial charge in [-0.3, -0.25) is 9.69 Å². The first kappa shape index (κ1) is 19.8. The van der Waals surface area contributed by atoms with Gasteiger partial charge in [0.05, 0.1) is 5.54 Å². The molecule has 1 spiro atoms. The number of hydrogen-bond acceptors (Lipinski definition) is 3. The molecular weight excluding hydrogens is 372 g/mol. The molecule has 1 aliphatic heterocycles. The molecule has 160 valence electrons. The summed E-state index contributed by atoms with van der Waals surface area (Å²) in [6.07, 6.45) is 13.2. The fourth-order valence-corrected chi connectivity index (χ4v) is 6.36. The number of nitrogens with zero attached hydrogens (tertiary/aromatic N) is 4. The molecule has 2 saturated carbocycles. The minimum absolute atomic E-state index is 0.0787. The molecule has 1 aromatic heterocycles. The van der Waals surface area contributed by atoms with Crippen LogP contribution in [0.15, 0.2) is 30.3 Å². The van der Waals surface area contributed by atoms with Gasteiger partial charge in [-0.15, -0.1) is 0 Å². The van der Waals surface area contributed by atoms with Gasteiger partial charge in [0, 0.05) is 24.8 Å². The van der Waals surface area contributed by atoms with Crippen molar-refractivity contribution in [1.29, 1.82) is 0 Å². The summed E-state index contributed by atoms with van der Waals surface area (Å²) in [4.78, 5) is 20.6. The molecule has 0 saturated heterocycles. The normalized spacial score (nSPS) is 25.0. The second-order valence-electron chi connectivity index (χ2n) is 9.47. The third-order valence-corrected chi connectivity index (χ3v) is 7.80. The first-order chi connectivity index (χ1) is 14.7. The molecule has 30 heavy (non-hydrogen) atoms. The van der Waals surface area contributed by atoms with Crippen molar-refractivity contribution in [3.05, 3.63) is 41.7 Å². The number of aryl methyl sites for hydroxylation is 2. The van der Waals surface area contributed by atoms with Gasteiger partial charge < -0.3 is 0 Å². The first-order valence-electron chi connectivity index (χ1n) is 12.1. The number of amides is 1. The zero-order valence-electron chi connectivity index (χ0n) is 18.2. The van der Waals surface area contributed by atoms with Gasteiger partial charge in [-0.1, -0.05) is 69.4 Å². The molecule has 5 nitrogen and oxygen atoms in total. The number of benzene rings is 1. The molecule has 2 atom stereocenters. The molecule has 5 heteroatoms. The van der Waals surface area contributed by atoms with E-state index in [1.165, 1.54) is 56.9 Å². The maximum atomic E-state index is 13.6. The third kappa shape index (κ3) is 3.27. The van der Waals surface area contributed by atoms with Gasteiger partial charge in [0.25, 0.3) is 0 Å². The molecule has 0 radical (unpaired) electrons. The van der Waals surface area contributed by atoms with Crippen molar-refractivity contribution in [2.75, 3.05) is 4.90 Å². The van der Waals surface area contributed by atoms with Crippen LogP contribution < -0.4 is 4.90 Å². The predicted octanol–water partition coefficient (Wildman–Crippen LogP) is 5.04. The summed E-state index contributed by atoms with van der Waals surface area (Å²) in [7, 11) is 0. The van der Waals surface area contributed by atoms with E-state index < -0.39 is 0 Å². The lowest BCUT2D eigenvalue weighted by Gasteiger charge is -2.55. The van der Waals surface area contributed by atoms with Crippen molar-refractivity contribution in [2.45, 2.75) is 95.6 Å². The highest BCUT2D eigenvalue weighted by Crippen LogP contribution is 2.52. The Balaban J connectivity index is 1.52. The molecule has 1 amide bonds. The summed E-state index contributed by atoms with van der Waals surface area (Å²) < 4.78 is 2.23. The van der Waals surface area contributed by atoms with Gasteiger partial charge in [0.1, 0.15) is 0 Å². The van der Waals surface area contributed by atoms with Gasteiger partial charge in [-0.25, -0.2) is 4.68 Å². The minimum atomic E-state index is 0.0787. The Morgan fingerprint density at radius 3 is 2.60 bits per heavy atom. The summed E-state index contributed by atoms with van der Waals surface area (Å²) >= 11 is 0. The summed E-state index contributed by atoms with van der Waals surface area (Å²) in [6.45, 7) is 2.11. The van der Waals surface area contributed by atoms with E-state index in [-0.39, 0.29) is 11.4 Å². The molecule has 2 aliphatic carbocycles. The topological polar surface area (TPSA) is 51.0 Å². The van der Waals surface area contributed by atoms with Gasteiger partial charge in [-0.2, -0.15) is 10.1 Å². The van der Waals surface area contributed by atoms with Crippen LogP contribution in [0.4, 0.5) is 5.95 Å². The largest absolute Gasteiger partial charge is 0.277 e. The van der Waals surface area contributed by atoms with E-state index >= 15 is 0 Å². The molecule has 2 aromatic rings. The van der Waals surface area contributed by atoms with E-state index in [1.54, 1.807) is 0 Å². The van der Waals surface area contributed by atoms with E-state index in [1.807, 2.05) is 6.07 Å². The van der Waals surface area contributed by atoms with Crippen LogP contribution in [-0.2, 0) is 23.2 Å². The number of aromatic nitrogens is 3. The van der Waals surface area contributed by atoms with Gasteiger partial charge in [0.2, 0.25) is 11.9 Å². The second-order valence-corrected chi connectivity index (χ2v) is 9.47. The van der Waals surface area contributed by atoms with Crippen LogP contribution in [0.2, 0.25) is 0 Å². The predicted molar refractivity (Wildman–Crippen MR) is 118 cm³/mol. The van der Waals surface area contributed by atoms with Crippen LogP contribution in [0.25, 0.3) is 0 Å². The van der Waals surface area contributed by atoms with Crippen LogP contribution >= 0.6 is 0 Å². The number of carbonyl (C=O) groups excluding carboxylic acids is 1. The molecule has 2 fully saturated rings. The van der Waals surface area contributed by atoms with Crippen molar-refractivity contribution < 1.29 is 4.79 Å². The number of carbonyl (C=O) groups is 1. The number of anilines is 1. The van der Waals surface area contributed by atoms with Crippen LogP contribution in [0.3, 0.4) is 0 Å². The summed E-state index contributed by atoms with van der Waals surface area (Å²) in [6, 6.07) is 10.6. The molecule has 0 bridgehead atoms. The lowest BCUT2D eigenvalue weighted by atomic mass is 9.64. The standard InChI is InChI=1S/C25H34N4O/c1-2-22-26-24-28(23(30)16-15-19-11-5-3-6-12-19)21-14-8-7-13-20(21)25(29(24)27-22)17-9-4-10-18-25/h3,5-6,11-12,20-21H,2,4,7-10,13-18H2,1H3/t20-,21+/m1/s1. The van der Waals surface area contributed by atoms with Crippen LogP contribution in [0.1, 0.15) is 82.5 Å². The van der Waals surface area contributed by atoms with Crippen molar-refractivity contribution in [3.8, 4) is 0 Å². The monoisotopic (exact) mass is 406 g/mol. The van der Waals surface area contributed by atoms with E-state index in [0.717, 1.165) is 31.0 Å². The Morgan fingerprint density at radius 2 is 1.83 bits per heavy atom. The number of hydrogen-bond donors (Lipinski definition) is 0. The Hall–Kier alpha value is -2.17. The fourth-order valence-electron chi connectivity index (χ4n) is 6.36. The van der Waals surface area contributed by atoms with E-state index in [4.69, 9.17) is 10.1 Å². The lowest BCUT2D eigenvalue weighted by Crippen LogP contribution is -2.61. The Morgan fingerprint density at radius 1 is 1.07 bits per heavy atom. The van der Waals surface area contributed by atoms with Gasteiger partial charge >= 0.3 is 0 Å². The van der Waals surface area contributed by atoms with Crippen molar-refractivity contribution in [2.24, 2.45) is 5.92 Å². The molecule has 3 aliphatic rings. The molecule has 5 rings (SSSR count). The smallest absolute Gasteiger partial charge is 0.231 e. The molecular formula is C25H34N4O. The van der Waals surface area contributed by atoms with Crippen molar-refractivity contribution in [1.82, 2.24) is 14.8 Å². The van der Waals surface area contributed by atoms with E-state index in [0.29, 0.717) is 18.4 Å². The Labute approximate surface area is 179 Å². The second kappa shape index (κ2) is 8.16. The zero-order chi connectivity index (χ0) is 20.6. The molecule has 2 heterocycles. The van der Waals surface area contributed by atoms with Crippen LogP contribution in [0.5, 0.6) is 0 Å². The minimum Gasteiger partial charge on any atom is -0.277 e. The Kier molecular flexibility index (Phi) is 5.38. The fraction of sp³-hybridized carbons (Fsp3) is 0.640. The number of fused-ring (bicyclic) bond motifs is 4. The molecule has 0 N–H and O–H groups in total.